The van der Waals surface area contributed by atoms with Gasteiger partial charge in [-0.2, -0.15) is 0 Å². The third-order valence-corrected chi connectivity index (χ3v) is 4.69. The number of hydrogen-bond acceptors (Lipinski definition) is 4. The fourth-order valence-corrected chi connectivity index (χ4v) is 3.19. The molecule has 1 fully saturated rings. The van der Waals surface area contributed by atoms with Crippen LogP contribution < -0.4 is 10.4 Å². The van der Waals surface area contributed by atoms with Gasteiger partial charge < -0.3 is 4.90 Å². The first-order valence-corrected chi connectivity index (χ1v) is 8.38. The van der Waals surface area contributed by atoms with Crippen LogP contribution in [0.3, 0.4) is 0 Å². The molecular weight excluding hydrogens is 288 g/mol. The van der Waals surface area contributed by atoms with Crippen molar-refractivity contribution < 1.29 is 4.79 Å². The fraction of sp³-hybridized carbons (Fsp3) is 0.500. The number of hydrazine groups is 1. The van der Waals surface area contributed by atoms with Crippen molar-refractivity contribution in [3.8, 4) is 0 Å². The molecule has 3 rings (SSSR count). The van der Waals surface area contributed by atoms with Gasteiger partial charge in [0.15, 0.2) is 0 Å². The molecule has 0 aliphatic carbocycles. The molecule has 0 spiro atoms. The Hall–Kier alpha value is -1.85. The molecule has 0 radical (unpaired) electrons. The normalized spacial score (nSPS) is 22.6. The maximum Gasteiger partial charge on any atom is 0.245 e. The van der Waals surface area contributed by atoms with Gasteiger partial charge in [-0.15, -0.1) is 0 Å². The number of para-hydroxylation sites is 1. The molecule has 0 aromatic heterocycles. The van der Waals surface area contributed by atoms with E-state index in [0.29, 0.717) is 6.04 Å². The summed E-state index contributed by atoms with van der Waals surface area (Å²) in [5, 5.41) is 1.95. The highest BCUT2D eigenvalue weighted by atomic mass is 16.2. The van der Waals surface area contributed by atoms with E-state index in [4.69, 9.17) is 0 Å². The van der Waals surface area contributed by atoms with Crippen molar-refractivity contribution in [2.75, 3.05) is 31.2 Å². The molecular formula is C18H26N4O. The number of anilines is 1. The van der Waals surface area contributed by atoms with Crippen LogP contribution in [0, 0.1) is 0 Å². The molecule has 1 aromatic rings. The van der Waals surface area contributed by atoms with Crippen molar-refractivity contribution in [3.05, 3.63) is 42.1 Å². The quantitative estimate of drug-likeness (QED) is 0.924. The summed E-state index contributed by atoms with van der Waals surface area (Å²) in [4.78, 5) is 17.3. The van der Waals surface area contributed by atoms with Crippen LogP contribution in [-0.2, 0) is 4.79 Å². The van der Waals surface area contributed by atoms with E-state index in [2.05, 4.69) is 24.2 Å². The number of hydrogen-bond donors (Lipinski definition) is 1. The van der Waals surface area contributed by atoms with Gasteiger partial charge in [-0.05, 0) is 38.5 Å². The van der Waals surface area contributed by atoms with Gasteiger partial charge in [0.25, 0.3) is 0 Å². The molecule has 5 heteroatoms. The summed E-state index contributed by atoms with van der Waals surface area (Å²) >= 11 is 0. The summed E-state index contributed by atoms with van der Waals surface area (Å²) in [6, 6.07) is 10.4. The molecule has 0 saturated carbocycles. The van der Waals surface area contributed by atoms with Crippen molar-refractivity contribution in [2.45, 2.75) is 32.9 Å². The standard InChI is InChI=1S/C18H26N4O/c1-14(2)20-9-11-21(12-10-20)18(23)17-15(3)13-22(19-17)16-7-5-4-6-8-16/h4-8,13-14,17,19H,9-12H2,1-3H3. The van der Waals surface area contributed by atoms with E-state index in [9.17, 15) is 4.79 Å². The zero-order valence-corrected chi connectivity index (χ0v) is 14.2. The lowest BCUT2D eigenvalue weighted by Crippen LogP contribution is -2.55. The van der Waals surface area contributed by atoms with E-state index < -0.39 is 0 Å². The Labute approximate surface area is 138 Å². The number of carbonyl (C=O) groups is 1. The number of nitrogens with one attached hydrogen (secondary N) is 1. The van der Waals surface area contributed by atoms with Gasteiger partial charge in [0.2, 0.25) is 5.91 Å². The predicted molar refractivity (Wildman–Crippen MR) is 92.9 cm³/mol. The lowest BCUT2D eigenvalue weighted by molar-refractivity contribution is -0.134. The minimum Gasteiger partial charge on any atom is -0.338 e. The molecule has 23 heavy (non-hydrogen) atoms. The summed E-state index contributed by atoms with van der Waals surface area (Å²) in [6.07, 6.45) is 2.02. The van der Waals surface area contributed by atoms with Crippen LogP contribution in [0.2, 0.25) is 0 Å². The SMILES string of the molecule is CC1=CN(c2ccccc2)NC1C(=O)N1CCN(C(C)C)CC1. The Morgan fingerprint density at radius 2 is 1.78 bits per heavy atom. The first kappa shape index (κ1) is 16.0. The van der Waals surface area contributed by atoms with E-state index in [1.54, 1.807) is 0 Å². The average molecular weight is 314 g/mol. The maximum absolute atomic E-state index is 12.8. The third kappa shape index (κ3) is 3.41. The molecule has 1 atom stereocenters. The molecule has 2 aliphatic heterocycles. The Morgan fingerprint density at radius 3 is 2.39 bits per heavy atom. The zero-order chi connectivity index (χ0) is 16.4. The lowest BCUT2D eigenvalue weighted by atomic mass is 10.1. The Bertz CT molecular complexity index is 576. The second-order valence-corrected chi connectivity index (χ2v) is 6.60. The molecule has 0 bridgehead atoms. The van der Waals surface area contributed by atoms with Crippen molar-refractivity contribution in [1.29, 1.82) is 0 Å². The van der Waals surface area contributed by atoms with Crippen LogP contribution in [0.15, 0.2) is 42.1 Å². The molecule has 124 valence electrons. The van der Waals surface area contributed by atoms with Crippen LogP contribution in [0.5, 0.6) is 0 Å². The van der Waals surface area contributed by atoms with E-state index in [-0.39, 0.29) is 11.9 Å². The van der Waals surface area contributed by atoms with Gasteiger partial charge in [-0.1, -0.05) is 18.2 Å². The number of rotatable bonds is 3. The number of nitrogens with zero attached hydrogens (tertiary/aromatic N) is 3. The molecule has 2 aliphatic rings. The van der Waals surface area contributed by atoms with Gasteiger partial charge in [0.05, 0.1) is 5.69 Å². The predicted octanol–water partition coefficient (Wildman–Crippen LogP) is 1.84. The van der Waals surface area contributed by atoms with Crippen LogP contribution in [-0.4, -0.2) is 54.0 Å². The zero-order valence-electron chi connectivity index (χ0n) is 14.2. The van der Waals surface area contributed by atoms with Gasteiger partial charge >= 0.3 is 0 Å². The minimum atomic E-state index is -0.249. The second kappa shape index (κ2) is 6.72. The number of amides is 1. The summed E-state index contributed by atoms with van der Waals surface area (Å²) in [7, 11) is 0. The van der Waals surface area contributed by atoms with Crippen LogP contribution in [0.4, 0.5) is 5.69 Å². The van der Waals surface area contributed by atoms with E-state index in [1.807, 2.05) is 53.4 Å². The van der Waals surface area contributed by atoms with E-state index in [1.165, 1.54) is 0 Å². The van der Waals surface area contributed by atoms with Crippen molar-refractivity contribution in [3.63, 3.8) is 0 Å². The second-order valence-electron chi connectivity index (χ2n) is 6.60. The number of carbonyl (C=O) groups excluding carboxylic acids is 1. The van der Waals surface area contributed by atoms with Crippen LogP contribution in [0.25, 0.3) is 0 Å². The molecule has 2 heterocycles. The largest absolute Gasteiger partial charge is 0.338 e. The van der Waals surface area contributed by atoms with Gasteiger partial charge in [0, 0.05) is 38.4 Å². The van der Waals surface area contributed by atoms with Crippen molar-refractivity contribution in [2.24, 2.45) is 0 Å². The monoisotopic (exact) mass is 314 g/mol. The first-order chi connectivity index (χ1) is 11.1. The molecule has 1 saturated heterocycles. The first-order valence-electron chi connectivity index (χ1n) is 8.38. The Balaban J connectivity index is 1.62. The van der Waals surface area contributed by atoms with Crippen molar-refractivity contribution in [1.82, 2.24) is 15.2 Å². The highest BCUT2D eigenvalue weighted by Crippen LogP contribution is 2.21. The molecule has 1 amide bonds. The maximum atomic E-state index is 12.8. The average Bonchev–Trinajstić information content (AvgIpc) is 2.97. The smallest absolute Gasteiger partial charge is 0.245 e. The molecule has 1 unspecified atom stereocenters. The van der Waals surface area contributed by atoms with Gasteiger partial charge in [0.1, 0.15) is 6.04 Å². The molecule has 1 N–H and O–H groups in total. The topological polar surface area (TPSA) is 38.8 Å². The summed E-state index contributed by atoms with van der Waals surface area (Å²) in [5.41, 5.74) is 5.43. The highest BCUT2D eigenvalue weighted by Gasteiger charge is 2.33. The van der Waals surface area contributed by atoms with Gasteiger partial charge in [-0.3, -0.25) is 14.7 Å². The number of benzene rings is 1. The fourth-order valence-electron chi connectivity index (χ4n) is 3.19. The van der Waals surface area contributed by atoms with Crippen molar-refractivity contribution >= 4 is 11.6 Å². The Kier molecular flexibility index (Phi) is 4.68. The lowest BCUT2D eigenvalue weighted by Gasteiger charge is -2.38. The Morgan fingerprint density at radius 1 is 1.13 bits per heavy atom. The minimum absolute atomic E-state index is 0.181. The molecule has 1 aromatic carbocycles. The number of piperazine rings is 1. The highest BCUT2D eigenvalue weighted by molar-refractivity contribution is 5.86. The summed E-state index contributed by atoms with van der Waals surface area (Å²) in [5.74, 6) is 0.181. The van der Waals surface area contributed by atoms with E-state index in [0.717, 1.165) is 37.4 Å². The third-order valence-electron chi connectivity index (χ3n) is 4.69. The molecule has 5 nitrogen and oxygen atoms in total. The summed E-state index contributed by atoms with van der Waals surface area (Å²) in [6.45, 7) is 9.98. The van der Waals surface area contributed by atoms with Gasteiger partial charge in [-0.25, -0.2) is 5.43 Å². The van der Waals surface area contributed by atoms with Crippen LogP contribution >= 0.6 is 0 Å². The van der Waals surface area contributed by atoms with Crippen LogP contribution in [0.1, 0.15) is 20.8 Å². The summed E-state index contributed by atoms with van der Waals surface area (Å²) < 4.78 is 0. The van der Waals surface area contributed by atoms with E-state index >= 15 is 0 Å².